The number of ether oxygens (including phenoxy) is 2. The van der Waals surface area contributed by atoms with E-state index in [-0.39, 0.29) is 11.1 Å². The summed E-state index contributed by atoms with van der Waals surface area (Å²) in [5, 5.41) is -0.364. The minimum absolute atomic E-state index is 0.115. The predicted molar refractivity (Wildman–Crippen MR) is 78.5 cm³/mol. The Morgan fingerprint density at radius 2 is 1.62 bits per heavy atom. The second-order valence-electron chi connectivity index (χ2n) is 4.53. The van der Waals surface area contributed by atoms with Crippen LogP contribution in [-0.2, 0) is 0 Å². The Balaban J connectivity index is 2.21. The molecule has 0 aliphatic rings. The van der Waals surface area contributed by atoms with Crippen LogP contribution in [0.1, 0.15) is 22.1 Å². The van der Waals surface area contributed by atoms with Crippen molar-refractivity contribution in [3.05, 3.63) is 59.2 Å². The van der Waals surface area contributed by atoms with Crippen LogP contribution in [0, 0.1) is 6.92 Å². The van der Waals surface area contributed by atoms with Gasteiger partial charge in [-0.3, -0.25) is 0 Å². The van der Waals surface area contributed by atoms with Crippen molar-refractivity contribution in [3.63, 3.8) is 0 Å². The van der Waals surface area contributed by atoms with Crippen molar-refractivity contribution in [2.45, 2.75) is 18.9 Å². The topological polar surface area (TPSA) is 18.5 Å². The summed E-state index contributed by atoms with van der Waals surface area (Å²) in [4.78, 5) is 0. The van der Waals surface area contributed by atoms with Crippen molar-refractivity contribution in [1.82, 2.24) is 0 Å². The van der Waals surface area contributed by atoms with E-state index in [1.807, 2.05) is 25.1 Å². The lowest BCUT2D eigenvalue weighted by atomic mass is 9.99. The minimum Gasteiger partial charge on any atom is -0.497 e. The summed E-state index contributed by atoms with van der Waals surface area (Å²) in [6.07, 6.45) is 0. The van der Waals surface area contributed by atoms with E-state index in [0.717, 1.165) is 22.4 Å². The Labute approximate surface area is 127 Å². The minimum atomic E-state index is -2.83. The molecule has 1 atom stereocenters. The molecular weight excluding hydrogens is 298 g/mol. The first-order valence-corrected chi connectivity index (χ1v) is 6.78. The summed E-state index contributed by atoms with van der Waals surface area (Å²) in [7, 11) is 1.61. The highest BCUT2D eigenvalue weighted by Crippen LogP contribution is 2.33. The maximum atomic E-state index is 12.1. The summed E-state index contributed by atoms with van der Waals surface area (Å²) in [5.41, 5.74) is 2.76. The van der Waals surface area contributed by atoms with E-state index >= 15 is 0 Å². The number of alkyl halides is 3. The molecule has 0 saturated carbocycles. The number of hydrogen-bond donors (Lipinski definition) is 0. The zero-order chi connectivity index (χ0) is 15.4. The van der Waals surface area contributed by atoms with Crippen molar-refractivity contribution < 1.29 is 18.3 Å². The number of hydrogen-bond acceptors (Lipinski definition) is 2. The van der Waals surface area contributed by atoms with Gasteiger partial charge >= 0.3 is 6.61 Å². The van der Waals surface area contributed by atoms with Crippen LogP contribution in [0.5, 0.6) is 11.5 Å². The molecule has 0 spiro atoms. The molecule has 0 bridgehead atoms. The summed E-state index contributed by atoms with van der Waals surface area (Å²) >= 11 is 6.46. The highest BCUT2D eigenvalue weighted by atomic mass is 35.5. The van der Waals surface area contributed by atoms with Gasteiger partial charge in [-0.1, -0.05) is 18.2 Å². The molecule has 0 aromatic heterocycles. The fourth-order valence-electron chi connectivity index (χ4n) is 2.06. The van der Waals surface area contributed by atoms with Crippen LogP contribution in [0.3, 0.4) is 0 Å². The van der Waals surface area contributed by atoms with Gasteiger partial charge < -0.3 is 9.47 Å². The smallest absolute Gasteiger partial charge is 0.387 e. The van der Waals surface area contributed by atoms with Crippen LogP contribution in [0.25, 0.3) is 0 Å². The van der Waals surface area contributed by atoms with Crippen molar-refractivity contribution in [1.29, 1.82) is 0 Å². The van der Waals surface area contributed by atoms with E-state index in [1.54, 1.807) is 19.2 Å². The Bertz CT molecular complexity index is 600. The maximum Gasteiger partial charge on any atom is 0.387 e. The largest absolute Gasteiger partial charge is 0.497 e. The Kier molecular flexibility index (Phi) is 5.02. The third-order valence-electron chi connectivity index (χ3n) is 3.15. The van der Waals surface area contributed by atoms with Crippen molar-refractivity contribution in [3.8, 4) is 11.5 Å². The molecule has 0 N–H and O–H groups in total. The molecule has 2 aromatic rings. The molecule has 0 saturated heterocycles. The fourth-order valence-corrected chi connectivity index (χ4v) is 2.45. The van der Waals surface area contributed by atoms with Crippen LogP contribution < -0.4 is 9.47 Å². The highest BCUT2D eigenvalue weighted by Gasteiger charge is 2.14. The van der Waals surface area contributed by atoms with Gasteiger partial charge in [0.15, 0.2) is 0 Å². The average Bonchev–Trinajstić information content (AvgIpc) is 2.46. The SMILES string of the molecule is COc1ccc(C(Cl)c2ccc(OC(F)F)cc2)c(C)c1. The Morgan fingerprint density at radius 1 is 1.00 bits per heavy atom. The molecule has 0 amide bonds. The molecule has 21 heavy (non-hydrogen) atoms. The van der Waals surface area contributed by atoms with Gasteiger partial charge in [-0.15, -0.1) is 11.6 Å². The zero-order valence-electron chi connectivity index (χ0n) is 11.6. The lowest BCUT2D eigenvalue weighted by Crippen LogP contribution is -2.02. The first-order valence-electron chi connectivity index (χ1n) is 6.34. The highest BCUT2D eigenvalue weighted by molar-refractivity contribution is 6.22. The van der Waals surface area contributed by atoms with E-state index in [1.165, 1.54) is 12.1 Å². The maximum absolute atomic E-state index is 12.1. The van der Waals surface area contributed by atoms with Crippen molar-refractivity contribution >= 4 is 11.6 Å². The molecule has 112 valence electrons. The van der Waals surface area contributed by atoms with Crippen LogP contribution in [-0.4, -0.2) is 13.7 Å². The van der Waals surface area contributed by atoms with Crippen molar-refractivity contribution in [2.24, 2.45) is 0 Å². The third-order valence-corrected chi connectivity index (χ3v) is 3.64. The molecule has 0 aliphatic heterocycles. The van der Waals surface area contributed by atoms with Gasteiger partial charge in [0.25, 0.3) is 0 Å². The molecule has 5 heteroatoms. The van der Waals surface area contributed by atoms with Gasteiger partial charge in [-0.2, -0.15) is 8.78 Å². The van der Waals surface area contributed by atoms with E-state index in [0.29, 0.717) is 0 Å². The Morgan fingerprint density at radius 3 is 2.14 bits per heavy atom. The average molecular weight is 313 g/mol. The summed E-state index contributed by atoms with van der Waals surface area (Å²) in [6.45, 7) is -0.881. The Hall–Kier alpha value is -1.81. The van der Waals surface area contributed by atoms with Gasteiger partial charge in [0.05, 0.1) is 12.5 Å². The second-order valence-corrected chi connectivity index (χ2v) is 4.97. The lowest BCUT2D eigenvalue weighted by Gasteiger charge is -2.15. The van der Waals surface area contributed by atoms with Gasteiger partial charge in [-0.25, -0.2) is 0 Å². The van der Waals surface area contributed by atoms with E-state index in [9.17, 15) is 8.78 Å². The van der Waals surface area contributed by atoms with Gasteiger partial charge in [0, 0.05) is 0 Å². The standard InChI is InChI=1S/C16H15ClF2O2/c1-10-9-13(20-2)7-8-14(10)15(17)11-3-5-12(6-4-11)21-16(18)19/h3-9,15-16H,1-2H3. The van der Waals surface area contributed by atoms with Gasteiger partial charge in [0.1, 0.15) is 11.5 Å². The normalized spacial score (nSPS) is 12.3. The van der Waals surface area contributed by atoms with Gasteiger partial charge in [-0.05, 0) is 47.9 Å². The third kappa shape index (κ3) is 3.85. The molecule has 2 rings (SSSR count). The van der Waals surface area contributed by atoms with Gasteiger partial charge in [0.2, 0.25) is 0 Å². The monoisotopic (exact) mass is 312 g/mol. The second kappa shape index (κ2) is 6.76. The number of aryl methyl sites for hydroxylation is 1. The predicted octanol–water partition coefficient (Wildman–Crippen LogP) is 4.93. The molecular formula is C16H15ClF2O2. The first kappa shape index (κ1) is 15.6. The quantitative estimate of drug-likeness (QED) is 0.729. The number of benzene rings is 2. The molecule has 0 radical (unpaired) electrons. The first-order chi connectivity index (χ1) is 10.0. The molecule has 0 fully saturated rings. The molecule has 0 heterocycles. The number of rotatable bonds is 5. The summed E-state index contributed by atoms with van der Waals surface area (Å²) in [5.74, 6) is 0.880. The number of methoxy groups -OCH3 is 1. The van der Waals surface area contributed by atoms with Crippen LogP contribution in [0.15, 0.2) is 42.5 Å². The molecule has 0 aliphatic carbocycles. The fraction of sp³-hybridized carbons (Fsp3) is 0.250. The summed E-state index contributed by atoms with van der Waals surface area (Å²) in [6, 6.07) is 12.0. The zero-order valence-corrected chi connectivity index (χ0v) is 12.4. The van der Waals surface area contributed by atoms with Crippen LogP contribution >= 0.6 is 11.6 Å². The van der Waals surface area contributed by atoms with Crippen LogP contribution in [0.2, 0.25) is 0 Å². The van der Waals surface area contributed by atoms with E-state index in [4.69, 9.17) is 16.3 Å². The molecule has 2 nitrogen and oxygen atoms in total. The van der Waals surface area contributed by atoms with E-state index < -0.39 is 6.61 Å². The molecule has 1 unspecified atom stereocenters. The lowest BCUT2D eigenvalue weighted by molar-refractivity contribution is -0.0498. The summed E-state index contributed by atoms with van der Waals surface area (Å²) < 4.78 is 33.7. The molecule has 2 aromatic carbocycles. The number of halogens is 3. The van der Waals surface area contributed by atoms with Crippen molar-refractivity contribution in [2.75, 3.05) is 7.11 Å². The van der Waals surface area contributed by atoms with E-state index in [2.05, 4.69) is 4.74 Å². The van der Waals surface area contributed by atoms with Crippen LogP contribution in [0.4, 0.5) is 8.78 Å².